The smallest absolute Gasteiger partial charge is 0.161 e. The van der Waals surface area contributed by atoms with Crippen LogP contribution in [0.4, 0.5) is 0 Å². The van der Waals surface area contributed by atoms with Gasteiger partial charge in [0, 0.05) is 11.3 Å². The Kier molecular flexibility index (Phi) is 3.41. The maximum absolute atomic E-state index is 6.06. The molecule has 0 saturated carbocycles. The standard InChI is InChI=1S/C14H24O2/c1-10-7-5-6-8-12(10)13-15-9-14(3,4)11(2)16-13/h5-6,10-13H,7-9H2,1-4H3/t10-,11-,12-,13+/m0/s1. The molecule has 0 aromatic carbocycles. The van der Waals surface area contributed by atoms with Crippen molar-refractivity contribution in [1.82, 2.24) is 0 Å². The van der Waals surface area contributed by atoms with Crippen LogP contribution < -0.4 is 0 Å². The molecule has 0 aromatic heterocycles. The number of hydrogen-bond donors (Lipinski definition) is 0. The van der Waals surface area contributed by atoms with Gasteiger partial charge in [-0.1, -0.05) is 32.9 Å². The van der Waals surface area contributed by atoms with Crippen LogP contribution in [0.15, 0.2) is 12.2 Å². The number of ether oxygens (including phenoxy) is 2. The first kappa shape index (κ1) is 12.1. The van der Waals surface area contributed by atoms with Gasteiger partial charge in [-0.2, -0.15) is 0 Å². The van der Waals surface area contributed by atoms with Gasteiger partial charge in [-0.25, -0.2) is 0 Å². The lowest BCUT2D eigenvalue weighted by Crippen LogP contribution is -2.48. The van der Waals surface area contributed by atoms with E-state index in [1.54, 1.807) is 0 Å². The van der Waals surface area contributed by atoms with Gasteiger partial charge >= 0.3 is 0 Å². The second-order valence-corrected chi connectivity index (χ2v) is 6.03. The van der Waals surface area contributed by atoms with Gasteiger partial charge in [-0.15, -0.1) is 0 Å². The Bertz CT molecular complexity index is 270. The van der Waals surface area contributed by atoms with E-state index in [0.717, 1.165) is 19.4 Å². The van der Waals surface area contributed by atoms with Crippen molar-refractivity contribution in [3.63, 3.8) is 0 Å². The van der Waals surface area contributed by atoms with Crippen LogP contribution >= 0.6 is 0 Å². The Balaban J connectivity index is 1.99. The largest absolute Gasteiger partial charge is 0.352 e. The molecule has 0 unspecified atom stereocenters. The van der Waals surface area contributed by atoms with Crippen molar-refractivity contribution >= 4 is 0 Å². The van der Waals surface area contributed by atoms with E-state index in [1.807, 2.05) is 0 Å². The van der Waals surface area contributed by atoms with Crippen molar-refractivity contribution < 1.29 is 9.47 Å². The van der Waals surface area contributed by atoms with Crippen LogP contribution in [0.3, 0.4) is 0 Å². The molecule has 1 aliphatic carbocycles. The van der Waals surface area contributed by atoms with Crippen molar-refractivity contribution in [2.75, 3.05) is 6.61 Å². The van der Waals surface area contributed by atoms with Crippen LogP contribution in [0.1, 0.15) is 40.5 Å². The van der Waals surface area contributed by atoms with Gasteiger partial charge in [0.2, 0.25) is 0 Å². The summed E-state index contributed by atoms with van der Waals surface area (Å²) in [5.41, 5.74) is 0.143. The van der Waals surface area contributed by atoms with Gasteiger partial charge < -0.3 is 9.47 Å². The van der Waals surface area contributed by atoms with Crippen molar-refractivity contribution in [3.05, 3.63) is 12.2 Å². The van der Waals surface area contributed by atoms with Gasteiger partial charge in [-0.05, 0) is 25.7 Å². The van der Waals surface area contributed by atoms with Gasteiger partial charge in [0.25, 0.3) is 0 Å². The summed E-state index contributed by atoms with van der Waals surface area (Å²) in [5.74, 6) is 1.20. The van der Waals surface area contributed by atoms with Crippen molar-refractivity contribution in [2.24, 2.45) is 17.3 Å². The molecule has 16 heavy (non-hydrogen) atoms. The number of allylic oxidation sites excluding steroid dienone is 2. The molecule has 2 aliphatic rings. The van der Waals surface area contributed by atoms with E-state index in [2.05, 4.69) is 39.8 Å². The van der Waals surface area contributed by atoms with E-state index < -0.39 is 0 Å². The monoisotopic (exact) mass is 224 g/mol. The zero-order valence-electron chi connectivity index (χ0n) is 10.9. The predicted molar refractivity (Wildman–Crippen MR) is 65.1 cm³/mol. The number of rotatable bonds is 1. The second-order valence-electron chi connectivity index (χ2n) is 6.03. The Labute approximate surface area is 99.0 Å². The first-order chi connectivity index (χ1) is 7.50. The van der Waals surface area contributed by atoms with Crippen molar-refractivity contribution in [1.29, 1.82) is 0 Å². The van der Waals surface area contributed by atoms with E-state index in [0.29, 0.717) is 11.8 Å². The molecule has 1 heterocycles. The molecular weight excluding hydrogens is 200 g/mol. The summed E-state index contributed by atoms with van der Waals surface area (Å²) in [6, 6.07) is 0. The average Bonchev–Trinajstić information content (AvgIpc) is 2.23. The van der Waals surface area contributed by atoms with Gasteiger partial charge in [0.05, 0.1) is 12.7 Å². The minimum absolute atomic E-state index is 0.00275. The third-order valence-corrected chi connectivity index (χ3v) is 4.22. The van der Waals surface area contributed by atoms with Gasteiger partial charge in [0.15, 0.2) is 6.29 Å². The van der Waals surface area contributed by atoms with Crippen LogP contribution in [0.25, 0.3) is 0 Å². The molecule has 0 amide bonds. The topological polar surface area (TPSA) is 18.5 Å². The van der Waals surface area contributed by atoms with Gasteiger partial charge in [0.1, 0.15) is 0 Å². The molecule has 0 N–H and O–H groups in total. The Morgan fingerprint density at radius 1 is 1.12 bits per heavy atom. The summed E-state index contributed by atoms with van der Waals surface area (Å²) in [5, 5.41) is 0. The highest BCUT2D eigenvalue weighted by Crippen LogP contribution is 2.37. The summed E-state index contributed by atoms with van der Waals surface area (Å²) in [7, 11) is 0. The summed E-state index contributed by atoms with van der Waals surface area (Å²) in [6.45, 7) is 9.69. The first-order valence-corrected chi connectivity index (χ1v) is 6.43. The summed E-state index contributed by atoms with van der Waals surface area (Å²) in [6.07, 6.45) is 7.08. The average molecular weight is 224 g/mol. The fraction of sp³-hybridized carbons (Fsp3) is 0.857. The molecule has 0 spiro atoms. The highest BCUT2D eigenvalue weighted by Gasteiger charge is 2.39. The van der Waals surface area contributed by atoms with E-state index in [9.17, 15) is 0 Å². The highest BCUT2D eigenvalue weighted by atomic mass is 16.7. The maximum Gasteiger partial charge on any atom is 0.161 e. The first-order valence-electron chi connectivity index (χ1n) is 6.43. The molecule has 1 saturated heterocycles. The van der Waals surface area contributed by atoms with E-state index in [1.165, 1.54) is 0 Å². The molecule has 2 heteroatoms. The maximum atomic E-state index is 6.06. The summed E-state index contributed by atoms with van der Waals surface area (Å²) < 4.78 is 12.0. The Morgan fingerprint density at radius 3 is 2.44 bits per heavy atom. The molecule has 1 fully saturated rings. The normalized spacial score (nSPS) is 43.2. The molecule has 2 nitrogen and oxygen atoms in total. The third kappa shape index (κ3) is 2.33. The van der Waals surface area contributed by atoms with E-state index in [4.69, 9.17) is 9.47 Å². The predicted octanol–water partition coefficient (Wildman–Crippen LogP) is 3.38. The fourth-order valence-corrected chi connectivity index (χ4v) is 2.41. The summed E-state index contributed by atoms with van der Waals surface area (Å²) in [4.78, 5) is 0. The van der Waals surface area contributed by atoms with Crippen LogP contribution in [0, 0.1) is 17.3 Å². The van der Waals surface area contributed by atoms with Crippen molar-refractivity contribution in [2.45, 2.75) is 52.9 Å². The molecule has 0 aromatic rings. The molecule has 92 valence electrons. The molecule has 0 radical (unpaired) electrons. The molecule has 1 aliphatic heterocycles. The quantitative estimate of drug-likeness (QED) is 0.636. The zero-order valence-corrected chi connectivity index (χ0v) is 10.9. The van der Waals surface area contributed by atoms with Crippen molar-refractivity contribution in [3.8, 4) is 0 Å². The van der Waals surface area contributed by atoms with E-state index in [-0.39, 0.29) is 17.8 Å². The zero-order chi connectivity index (χ0) is 11.8. The molecule has 4 atom stereocenters. The van der Waals surface area contributed by atoms with Crippen LogP contribution in [-0.4, -0.2) is 19.0 Å². The van der Waals surface area contributed by atoms with Crippen LogP contribution in [-0.2, 0) is 9.47 Å². The highest BCUT2D eigenvalue weighted by molar-refractivity contribution is 4.95. The lowest BCUT2D eigenvalue weighted by Gasteiger charge is -2.44. The fourth-order valence-electron chi connectivity index (χ4n) is 2.41. The van der Waals surface area contributed by atoms with Gasteiger partial charge in [-0.3, -0.25) is 0 Å². The molecule has 2 rings (SSSR count). The Hall–Kier alpha value is -0.340. The van der Waals surface area contributed by atoms with Crippen LogP contribution in [0.2, 0.25) is 0 Å². The lowest BCUT2D eigenvalue weighted by molar-refractivity contribution is -0.278. The van der Waals surface area contributed by atoms with E-state index >= 15 is 0 Å². The number of hydrogen-bond acceptors (Lipinski definition) is 2. The minimum atomic E-state index is 0.00275. The van der Waals surface area contributed by atoms with Crippen LogP contribution in [0.5, 0.6) is 0 Å². The SMILES string of the molecule is C[C@@H]1O[C@H]([C@H]2CC=CC[C@@H]2C)OCC1(C)C. The molecule has 0 bridgehead atoms. The third-order valence-electron chi connectivity index (χ3n) is 4.22. The molecular formula is C14H24O2. The Morgan fingerprint density at radius 2 is 1.81 bits per heavy atom. The minimum Gasteiger partial charge on any atom is -0.352 e. The lowest BCUT2D eigenvalue weighted by atomic mass is 9.82. The second kappa shape index (κ2) is 4.50. The summed E-state index contributed by atoms with van der Waals surface area (Å²) >= 11 is 0.